The van der Waals surface area contributed by atoms with E-state index in [4.69, 9.17) is 4.74 Å². The van der Waals surface area contributed by atoms with Crippen LogP contribution in [0.2, 0.25) is 0 Å². The highest BCUT2D eigenvalue weighted by atomic mass is 16.5. The molecule has 0 aromatic rings. The fraction of sp³-hybridized carbons (Fsp3) is 1.00. The highest BCUT2D eigenvalue weighted by Crippen LogP contribution is 2.43. The van der Waals surface area contributed by atoms with Crippen LogP contribution in [0.5, 0.6) is 0 Å². The first-order valence-electron chi connectivity index (χ1n) is 7.90. The van der Waals surface area contributed by atoms with Crippen molar-refractivity contribution in [2.24, 2.45) is 11.3 Å². The predicted octanol–water partition coefficient (Wildman–Crippen LogP) is 3.50. The molecule has 1 spiro atoms. The lowest BCUT2D eigenvalue weighted by Gasteiger charge is -2.54. The fourth-order valence-electron chi connectivity index (χ4n) is 4.71. The Labute approximate surface area is 112 Å². The van der Waals surface area contributed by atoms with Gasteiger partial charge in [0.15, 0.2) is 0 Å². The Morgan fingerprint density at radius 2 is 1.89 bits per heavy atom. The first-order valence-corrected chi connectivity index (χ1v) is 7.90. The molecule has 104 valence electrons. The quantitative estimate of drug-likeness (QED) is 0.711. The fourth-order valence-corrected chi connectivity index (χ4v) is 4.71. The highest BCUT2D eigenvalue weighted by Gasteiger charge is 2.48. The Kier molecular flexibility index (Phi) is 3.22. The van der Waals surface area contributed by atoms with Crippen molar-refractivity contribution >= 4 is 0 Å². The number of ether oxygens (including phenoxy) is 1. The Morgan fingerprint density at radius 1 is 1.11 bits per heavy atom. The molecular formula is C16H29NO. The summed E-state index contributed by atoms with van der Waals surface area (Å²) in [4.78, 5) is 0. The van der Waals surface area contributed by atoms with Gasteiger partial charge in [-0.05, 0) is 37.0 Å². The SMILES string of the molecule is CC1CCCC2(COC3C(CCCC3(C)C)N2)C1. The number of hydrogen-bond donors (Lipinski definition) is 1. The molecule has 1 N–H and O–H groups in total. The van der Waals surface area contributed by atoms with E-state index in [1.54, 1.807) is 0 Å². The third-order valence-corrected chi connectivity index (χ3v) is 5.59. The zero-order chi connectivity index (χ0) is 12.8. The molecule has 0 aromatic heterocycles. The van der Waals surface area contributed by atoms with Crippen LogP contribution in [0.15, 0.2) is 0 Å². The van der Waals surface area contributed by atoms with Crippen LogP contribution in [0.25, 0.3) is 0 Å². The second-order valence-corrected chi connectivity index (χ2v) is 7.85. The van der Waals surface area contributed by atoms with Gasteiger partial charge in [0.1, 0.15) is 0 Å². The second kappa shape index (κ2) is 4.49. The van der Waals surface area contributed by atoms with Gasteiger partial charge in [-0.25, -0.2) is 0 Å². The lowest BCUT2D eigenvalue weighted by molar-refractivity contribution is -0.140. The van der Waals surface area contributed by atoms with Crippen molar-refractivity contribution in [1.82, 2.24) is 5.32 Å². The molecular weight excluding hydrogens is 222 g/mol. The summed E-state index contributed by atoms with van der Waals surface area (Å²) in [6.07, 6.45) is 9.84. The van der Waals surface area contributed by atoms with Crippen molar-refractivity contribution < 1.29 is 4.74 Å². The van der Waals surface area contributed by atoms with E-state index in [1.165, 1.54) is 44.9 Å². The van der Waals surface area contributed by atoms with E-state index < -0.39 is 0 Å². The molecule has 2 saturated carbocycles. The van der Waals surface area contributed by atoms with Gasteiger partial charge < -0.3 is 10.1 Å². The molecule has 0 aromatic carbocycles. The van der Waals surface area contributed by atoms with Crippen molar-refractivity contribution in [2.75, 3.05) is 6.61 Å². The van der Waals surface area contributed by atoms with E-state index in [2.05, 4.69) is 26.1 Å². The van der Waals surface area contributed by atoms with Gasteiger partial charge in [-0.15, -0.1) is 0 Å². The Morgan fingerprint density at radius 3 is 2.67 bits per heavy atom. The molecule has 2 nitrogen and oxygen atoms in total. The summed E-state index contributed by atoms with van der Waals surface area (Å²) in [7, 11) is 0. The molecule has 3 rings (SSSR count). The topological polar surface area (TPSA) is 21.3 Å². The van der Waals surface area contributed by atoms with Gasteiger partial charge in [-0.2, -0.15) is 0 Å². The van der Waals surface area contributed by atoms with E-state index in [9.17, 15) is 0 Å². The first kappa shape index (κ1) is 12.9. The van der Waals surface area contributed by atoms with Crippen LogP contribution in [0.1, 0.15) is 65.7 Å². The number of morpholine rings is 1. The Hall–Kier alpha value is -0.0800. The lowest BCUT2D eigenvalue weighted by Crippen LogP contribution is -2.67. The summed E-state index contributed by atoms with van der Waals surface area (Å²) in [6, 6.07) is 0.604. The summed E-state index contributed by atoms with van der Waals surface area (Å²) in [5.74, 6) is 0.864. The summed E-state index contributed by atoms with van der Waals surface area (Å²) in [6.45, 7) is 8.11. The predicted molar refractivity (Wildman–Crippen MR) is 74.7 cm³/mol. The lowest BCUT2D eigenvalue weighted by atomic mass is 9.68. The van der Waals surface area contributed by atoms with Crippen LogP contribution in [0.4, 0.5) is 0 Å². The van der Waals surface area contributed by atoms with Crippen LogP contribution in [0.3, 0.4) is 0 Å². The summed E-state index contributed by atoms with van der Waals surface area (Å²) in [5, 5.41) is 4.03. The number of rotatable bonds is 0. The van der Waals surface area contributed by atoms with Gasteiger partial charge in [0, 0.05) is 11.6 Å². The van der Waals surface area contributed by atoms with E-state index in [-0.39, 0.29) is 0 Å². The monoisotopic (exact) mass is 251 g/mol. The van der Waals surface area contributed by atoms with Crippen LogP contribution in [0, 0.1) is 11.3 Å². The third kappa shape index (κ3) is 2.22. The number of nitrogens with one attached hydrogen (secondary N) is 1. The Balaban J connectivity index is 1.73. The molecule has 1 heterocycles. The van der Waals surface area contributed by atoms with Crippen molar-refractivity contribution in [1.29, 1.82) is 0 Å². The zero-order valence-corrected chi connectivity index (χ0v) is 12.3. The molecule has 0 radical (unpaired) electrons. The molecule has 4 atom stereocenters. The van der Waals surface area contributed by atoms with Gasteiger partial charge in [-0.3, -0.25) is 0 Å². The van der Waals surface area contributed by atoms with Gasteiger partial charge in [-0.1, -0.05) is 40.0 Å². The maximum atomic E-state index is 6.38. The highest BCUT2D eigenvalue weighted by molar-refractivity contribution is 5.04. The van der Waals surface area contributed by atoms with E-state index in [0.717, 1.165) is 12.5 Å². The molecule has 0 bridgehead atoms. The number of fused-ring (bicyclic) bond motifs is 1. The minimum absolute atomic E-state index is 0.312. The largest absolute Gasteiger partial charge is 0.374 e. The molecule has 2 aliphatic carbocycles. The first-order chi connectivity index (χ1) is 8.51. The average Bonchev–Trinajstić information content (AvgIpc) is 2.27. The molecule has 1 aliphatic heterocycles. The van der Waals surface area contributed by atoms with Crippen molar-refractivity contribution in [3.63, 3.8) is 0 Å². The molecule has 0 amide bonds. The van der Waals surface area contributed by atoms with Crippen LogP contribution >= 0.6 is 0 Å². The molecule has 2 heteroatoms. The molecule has 3 fully saturated rings. The minimum Gasteiger partial charge on any atom is -0.374 e. The summed E-state index contributed by atoms with van der Waals surface area (Å²) >= 11 is 0. The van der Waals surface area contributed by atoms with Crippen LogP contribution in [-0.4, -0.2) is 24.3 Å². The van der Waals surface area contributed by atoms with Gasteiger partial charge in [0.2, 0.25) is 0 Å². The van der Waals surface area contributed by atoms with Crippen LogP contribution < -0.4 is 5.32 Å². The normalized spacial score (nSPS) is 47.8. The molecule has 1 saturated heterocycles. The smallest absolute Gasteiger partial charge is 0.0779 e. The average molecular weight is 251 g/mol. The summed E-state index contributed by atoms with van der Waals surface area (Å²) in [5.41, 5.74) is 0.671. The van der Waals surface area contributed by atoms with Crippen LogP contribution in [-0.2, 0) is 4.74 Å². The van der Waals surface area contributed by atoms with E-state index >= 15 is 0 Å². The number of hydrogen-bond acceptors (Lipinski definition) is 2. The standard InChI is InChI=1S/C16H29NO/c1-12-6-4-9-16(10-12)11-18-14-13(17-16)7-5-8-15(14,2)3/h12-14,17H,4-11H2,1-3H3. The summed E-state index contributed by atoms with van der Waals surface area (Å²) < 4.78 is 6.38. The third-order valence-electron chi connectivity index (χ3n) is 5.59. The molecule has 3 aliphatic rings. The Bertz CT molecular complexity index is 314. The van der Waals surface area contributed by atoms with Crippen molar-refractivity contribution in [3.05, 3.63) is 0 Å². The molecule has 18 heavy (non-hydrogen) atoms. The van der Waals surface area contributed by atoms with Gasteiger partial charge in [0.25, 0.3) is 0 Å². The minimum atomic E-state index is 0.312. The maximum Gasteiger partial charge on any atom is 0.0779 e. The van der Waals surface area contributed by atoms with Gasteiger partial charge >= 0.3 is 0 Å². The molecule has 4 unspecified atom stereocenters. The van der Waals surface area contributed by atoms with Crippen molar-refractivity contribution in [3.8, 4) is 0 Å². The maximum absolute atomic E-state index is 6.38. The van der Waals surface area contributed by atoms with E-state index in [1.807, 2.05) is 0 Å². The second-order valence-electron chi connectivity index (χ2n) is 7.85. The zero-order valence-electron chi connectivity index (χ0n) is 12.3. The van der Waals surface area contributed by atoms with E-state index in [0.29, 0.717) is 23.1 Å². The van der Waals surface area contributed by atoms with Gasteiger partial charge in [0.05, 0.1) is 12.7 Å². The van der Waals surface area contributed by atoms with Crippen molar-refractivity contribution in [2.45, 2.75) is 83.4 Å².